The van der Waals surface area contributed by atoms with E-state index in [4.69, 9.17) is 0 Å². The van der Waals surface area contributed by atoms with Gasteiger partial charge in [0.1, 0.15) is 0 Å². The molecule has 1 N–H and O–H groups in total. The van der Waals surface area contributed by atoms with Crippen LogP contribution in [0, 0.1) is 5.92 Å². The van der Waals surface area contributed by atoms with Crippen LogP contribution in [0.25, 0.3) is 5.69 Å². The van der Waals surface area contributed by atoms with Crippen molar-refractivity contribution in [3.63, 3.8) is 0 Å². The Balaban J connectivity index is 1.60. The smallest absolute Gasteiger partial charge is 0.0991 e. The summed E-state index contributed by atoms with van der Waals surface area (Å²) in [4.78, 5) is 4.08. The standard InChI is InChI=1S/C17H23N3/c1-3-4-15-11-17(15)19-13(2)14-5-7-16(8-6-14)20-10-9-18-12-20/h5-10,12-13,15,17,19H,3-4,11H2,1-2H3. The third kappa shape index (κ3) is 2.93. The molecular formula is C17H23N3. The molecule has 3 heteroatoms. The maximum atomic E-state index is 4.08. The van der Waals surface area contributed by atoms with E-state index in [2.05, 4.69) is 48.4 Å². The van der Waals surface area contributed by atoms with Crippen molar-refractivity contribution in [2.75, 3.05) is 0 Å². The Morgan fingerprint density at radius 2 is 2.15 bits per heavy atom. The summed E-state index contributed by atoms with van der Waals surface area (Å²) in [7, 11) is 0. The summed E-state index contributed by atoms with van der Waals surface area (Å²) in [6.45, 7) is 4.53. The number of nitrogens with one attached hydrogen (secondary N) is 1. The number of aromatic nitrogens is 2. The summed E-state index contributed by atoms with van der Waals surface area (Å²) in [5.41, 5.74) is 2.52. The van der Waals surface area contributed by atoms with Crippen molar-refractivity contribution in [2.24, 2.45) is 5.92 Å². The molecule has 3 rings (SSSR count). The van der Waals surface area contributed by atoms with Crippen LogP contribution in [0.5, 0.6) is 0 Å². The number of imidazole rings is 1. The van der Waals surface area contributed by atoms with Gasteiger partial charge in [-0.25, -0.2) is 4.98 Å². The first-order valence-electron chi connectivity index (χ1n) is 7.62. The van der Waals surface area contributed by atoms with E-state index in [-0.39, 0.29) is 0 Å². The predicted molar refractivity (Wildman–Crippen MR) is 81.9 cm³/mol. The van der Waals surface area contributed by atoms with Crippen LogP contribution in [-0.4, -0.2) is 15.6 Å². The van der Waals surface area contributed by atoms with Crippen molar-refractivity contribution >= 4 is 0 Å². The molecule has 20 heavy (non-hydrogen) atoms. The van der Waals surface area contributed by atoms with E-state index in [1.807, 2.05) is 17.1 Å². The van der Waals surface area contributed by atoms with E-state index in [9.17, 15) is 0 Å². The molecular weight excluding hydrogens is 246 g/mol. The number of benzene rings is 1. The van der Waals surface area contributed by atoms with Crippen LogP contribution in [0.2, 0.25) is 0 Å². The monoisotopic (exact) mass is 269 g/mol. The molecule has 1 heterocycles. The lowest BCUT2D eigenvalue weighted by Gasteiger charge is -2.15. The minimum atomic E-state index is 0.429. The van der Waals surface area contributed by atoms with Gasteiger partial charge in [-0.15, -0.1) is 0 Å². The highest BCUT2D eigenvalue weighted by Gasteiger charge is 2.36. The van der Waals surface area contributed by atoms with E-state index in [1.165, 1.54) is 24.8 Å². The van der Waals surface area contributed by atoms with Gasteiger partial charge in [0, 0.05) is 30.2 Å². The highest BCUT2D eigenvalue weighted by atomic mass is 15.0. The lowest BCUT2D eigenvalue weighted by molar-refractivity contribution is 0.530. The number of rotatable bonds is 6. The third-order valence-electron chi connectivity index (χ3n) is 4.24. The molecule has 0 radical (unpaired) electrons. The maximum Gasteiger partial charge on any atom is 0.0991 e. The molecule has 3 nitrogen and oxygen atoms in total. The molecule has 1 aliphatic rings. The molecule has 2 aromatic rings. The number of hydrogen-bond acceptors (Lipinski definition) is 2. The summed E-state index contributed by atoms with van der Waals surface area (Å²) in [5, 5.41) is 3.74. The Morgan fingerprint density at radius 1 is 1.35 bits per heavy atom. The Kier molecular flexibility index (Phi) is 3.88. The Morgan fingerprint density at radius 3 is 2.80 bits per heavy atom. The fourth-order valence-electron chi connectivity index (χ4n) is 2.91. The van der Waals surface area contributed by atoms with Crippen LogP contribution in [0.15, 0.2) is 43.0 Å². The number of hydrogen-bond donors (Lipinski definition) is 1. The van der Waals surface area contributed by atoms with Crippen LogP contribution < -0.4 is 5.32 Å². The van der Waals surface area contributed by atoms with Crippen molar-refractivity contribution in [1.82, 2.24) is 14.9 Å². The molecule has 1 aromatic carbocycles. The Hall–Kier alpha value is -1.61. The van der Waals surface area contributed by atoms with Gasteiger partial charge in [-0.2, -0.15) is 0 Å². The van der Waals surface area contributed by atoms with Crippen molar-refractivity contribution in [2.45, 2.75) is 45.2 Å². The van der Waals surface area contributed by atoms with Crippen molar-refractivity contribution < 1.29 is 0 Å². The van der Waals surface area contributed by atoms with Crippen LogP contribution >= 0.6 is 0 Å². The zero-order valence-corrected chi connectivity index (χ0v) is 12.3. The topological polar surface area (TPSA) is 29.9 Å². The van der Waals surface area contributed by atoms with Gasteiger partial charge in [-0.1, -0.05) is 25.5 Å². The molecule has 1 aliphatic carbocycles. The molecule has 1 fully saturated rings. The SMILES string of the molecule is CCCC1CC1NC(C)c1ccc(-n2ccnc2)cc1. The molecule has 0 saturated heterocycles. The lowest BCUT2D eigenvalue weighted by atomic mass is 10.1. The zero-order chi connectivity index (χ0) is 13.9. The third-order valence-corrected chi connectivity index (χ3v) is 4.24. The average Bonchev–Trinajstić information content (AvgIpc) is 2.98. The Labute approximate surface area is 121 Å². The number of nitrogens with zero attached hydrogens (tertiary/aromatic N) is 2. The van der Waals surface area contributed by atoms with Gasteiger partial charge in [-0.3, -0.25) is 0 Å². The predicted octanol–water partition coefficient (Wildman–Crippen LogP) is 3.71. The fourth-order valence-corrected chi connectivity index (χ4v) is 2.91. The first-order chi connectivity index (χ1) is 9.78. The highest BCUT2D eigenvalue weighted by molar-refractivity contribution is 5.35. The van der Waals surface area contributed by atoms with Crippen LogP contribution in [-0.2, 0) is 0 Å². The normalized spacial score (nSPS) is 22.7. The second-order valence-electron chi connectivity index (χ2n) is 5.84. The summed E-state index contributed by atoms with van der Waals surface area (Å²) >= 11 is 0. The van der Waals surface area contributed by atoms with Gasteiger partial charge in [0.15, 0.2) is 0 Å². The van der Waals surface area contributed by atoms with Gasteiger partial charge >= 0.3 is 0 Å². The van der Waals surface area contributed by atoms with Gasteiger partial charge < -0.3 is 9.88 Å². The van der Waals surface area contributed by atoms with Crippen molar-refractivity contribution in [1.29, 1.82) is 0 Å². The summed E-state index contributed by atoms with van der Waals surface area (Å²) in [6.07, 6.45) is 9.62. The maximum absolute atomic E-state index is 4.08. The van der Waals surface area contributed by atoms with Gasteiger partial charge in [0.2, 0.25) is 0 Å². The van der Waals surface area contributed by atoms with E-state index in [0.717, 1.165) is 17.6 Å². The highest BCUT2D eigenvalue weighted by Crippen LogP contribution is 2.36. The molecule has 0 aliphatic heterocycles. The molecule has 106 valence electrons. The van der Waals surface area contributed by atoms with Crippen LogP contribution in [0.4, 0.5) is 0 Å². The first kappa shape index (κ1) is 13.4. The quantitative estimate of drug-likeness (QED) is 0.866. The molecule has 1 aromatic heterocycles. The summed E-state index contributed by atoms with van der Waals surface area (Å²) in [6, 6.07) is 9.91. The molecule has 1 saturated carbocycles. The second kappa shape index (κ2) is 5.80. The van der Waals surface area contributed by atoms with Crippen molar-refractivity contribution in [3.8, 4) is 5.69 Å². The first-order valence-corrected chi connectivity index (χ1v) is 7.62. The summed E-state index contributed by atoms with van der Waals surface area (Å²) < 4.78 is 2.03. The van der Waals surface area contributed by atoms with Crippen LogP contribution in [0.3, 0.4) is 0 Å². The summed E-state index contributed by atoms with van der Waals surface area (Å²) in [5.74, 6) is 0.910. The largest absolute Gasteiger partial charge is 0.307 e. The molecule has 0 bridgehead atoms. The van der Waals surface area contributed by atoms with E-state index >= 15 is 0 Å². The minimum absolute atomic E-state index is 0.429. The van der Waals surface area contributed by atoms with E-state index < -0.39 is 0 Å². The molecule has 3 unspecified atom stereocenters. The van der Waals surface area contributed by atoms with Crippen molar-refractivity contribution in [3.05, 3.63) is 48.5 Å². The zero-order valence-electron chi connectivity index (χ0n) is 12.3. The van der Waals surface area contributed by atoms with E-state index in [1.54, 1.807) is 6.20 Å². The fraction of sp³-hybridized carbons (Fsp3) is 0.471. The minimum Gasteiger partial charge on any atom is -0.307 e. The second-order valence-corrected chi connectivity index (χ2v) is 5.84. The Bertz CT molecular complexity index is 530. The molecule has 0 amide bonds. The van der Waals surface area contributed by atoms with Crippen LogP contribution in [0.1, 0.15) is 44.7 Å². The molecule has 3 atom stereocenters. The van der Waals surface area contributed by atoms with Gasteiger partial charge in [-0.05, 0) is 43.4 Å². The van der Waals surface area contributed by atoms with Gasteiger partial charge in [0.05, 0.1) is 6.33 Å². The lowest BCUT2D eigenvalue weighted by Crippen LogP contribution is -2.22. The van der Waals surface area contributed by atoms with Gasteiger partial charge in [0.25, 0.3) is 0 Å². The molecule has 0 spiro atoms. The van der Waals surface area contributed by atoms with E-state index in [0.29, 0.717) is 6.04 Å². The average molecular weight is 269 g/mol.